The van der Waals surface area contributed by atoms with E-state index in [1.54, 1.807) is 25.6 Å². The molecule has 0 aromatic heterocycles. The third-order valence-electron chi connectivity index (χ3n) is 2.28. The van der Waals surface area contributed by atoms with Crippen molar-refractivity contribution < 1.29 is 9.84 Å². The normalized spacial score (nSPS) is 32.5. The minimum Gasteiger partial charge on any atom is -0.391 e. The first-order chi connectivity index (χ1) is 6.09. The molecule has 3 atom stereocenters. The van der Waals surface area contributed by atoms with Gasteiger partial charge in [0.05, 0.1) is 18.3 Å². The van der Waals surface area contributed by atoms with Crippen LogP contribution in [0.3, 0.4) is 0 Å². The number of aliphatic hydroxyl groups is 1. The molecule has 0 aromatic rings. The summed E-state index contributed by atoms with van der Waals surface area (Å²) in [6, 6.07) is 2.21. The van der Waals surface area contributed by atoms with E-state index in [1.807, 2.05) is 0 Å². The summed E-state index contributed by atoms with van der Waals surface area (Å²) in [5.74, 6) is 1.70. The molecule has 1 saturated heterocycles. The highest BCUT2D eigenvalue weighted by Crippen LogP contribution is 2.32. The minimum absolute atomic E-state index is 0.265. The first-order valence-corrected chi connectivity index (χ1v) is 5.60. The maximum Gasteiger partial charge on any atom is 0.164 e. The van der Waals surface area contributed by atoms with Gasteiger partial charge in [-0.3, -0.25) is 0 Å². The van der Waals surface area contributed by atoms with Gasteiger partial charge in [0.1, 0.15) is 0 Å². The first kappa shape index (κ1) is 10.8. The molecule has 1 N–H and O–H groups in total. The van der Waals surface area contributed by atoms with Crippen molar-refractivity contribution in [2.45, 2.75) is 38.1 Å². The Hall–Kier alpha value is -0.240. The van der Waals surface area contributed by atoms with Gasteiger partial charge in [-0.15, -0.1) is 0 Å². The molecule has 0 bridgehead atoms. The van der Waals surface area contributed by atoms with Crippen molar-refractivity contribution in [3.63, 3.8) is 0 Å². The molecule has 0 saturated carbocycles. The summed E-state index contributed by atoms with van der Waals surface area (Å²) in [6.07, 6.45) is -0.0141. The molecule has 13 heavy (non-hydrogen) atoms. The van der Waals surface area contributed by atoms with E-state index in [0.29, 0.717) is 0 Å². The van der Waals surface area contributed by atoms with Gasteiger partial charge in [0.2, 0.25) is 0 Å². The fourth-order valence-electron chi connectivity index (χ4n) is 1.21. The molecule has 1 aliphatic heterocycles. The van der Waals surface area contributed by atoms with Crippen LogP contribution in [0.1, 0.15) is 20.3 Å². The first-order valence-electron chi connectivity index (χ1n) is 4.44. The third kappa shape index (κ3) is 2.60. The average molecular weight is 201 g/mol. The van der Waals surface area contributed by atoms with E-state index < -0.39 is 11.7 Å². The molecule has 0 amide bonds. The average Bonchev–Trinajstić information content (AvgIpc) is 2.54. The van der Waals surface area contributed by atoms with Gasteiger partial charge in [-0.25, -0.2) is 0 Å². The van der Waals surface area contributed by atoms with Crippen LogP contribution in [-0.2, 0) is 4.74 Å². The molecule has 0 aliphatic carbocycles. The van der Waals surface area contributed by atoms with Crippen molar-refractivity contribution in [3.8, 4) is 6.07 Å². The van der Waals surface area contributed by atoms with E-state index in [1.165, 1.54) is 0 Å². The van der Waals surface area contributed by atoms with E-state index >= 15 is 0 Å². The molecule has 0 spiro atoms. The topological polar surface area (TPSA) is 53.2 Å². The molecule has 0 radical (unpaired) electrons. The Balaban J connectivity index is 2.54. The summed E-state index contributed by atoms with van der Waals surface area (Å²) in [5.41, 5.74) is -0.652. The van der Waals surface area contributed by atoms with Crippen molar-refractivity contribution in [2.24, 2.45) is 0 Å². The second kappa shape index (κ2) is 4.32. The Kier molecular flexibility index (Phi) is 3.60. The monoisotopic (exact) mass is 201 g/mol. The third-order valence-corrected chi connectivity index (χ3v) is 3.44. The quantitative estimate of drug-likeness (QED) is 0.744. The second-order valence-electron chi connectivity index (χ2n) is 3.47. The summed E-state index contributed by atoms with van der Waals surface area (Å²) >= 11 is 1.73. The highest BCUT2D eigenvalue weighted by Gasteiger charge is 2.37. The number of rotatable bonds is 3. The number of aliphatic hydroxyl groups excluding tert-OH is 1. The molecule has 3 unspecified atom stereocenters. The summed E-state index contributed by atoms with van der Waals surface area (Å²) in [6.45, 7) is 3.48. The Morgan fingerprint density at radius 2 is 2.31 bits per heavy atom. The summed E-state index contributed by atoms with van der Waals surface area (Å²) in [4.78, 5) is 0. The van der Waals surface area contributed by atoms with E-state index in [4.69, 9.17) is 10.00 Å². The standard InChI is InChI=1S/C9H15NO2S/c1-7(11)8(2)12-9(5-10)3-4-13-6-9/h7-8,11H,3-4,6H2,1-2H3. The smallest absolute Gasteiger partial charge is 0.164 e. The zero-order chi connectivity index (χ0) is 9.90. The largest absolute Gasteiger partial charge is 0.391 e. The molecular formula is C9H15NO2S. The molecule has 1 fully saturated rings. The van der Waals surface area contributed by atoms with Gasteiger partial charge in [-0.2, -0.15) is 17.0 Å². The summed E-state index contributed by atoms with van der Waals surface area (Å²) in [7, 11) is 0. The summed E-state index contributed by atoms with van der Waals surface area (Å²) < 4.78 is 5.58. The van der Waals surface area contributed by atoms with Crippen molar-refractivity contribution in [2.75, 3.05) is 11.5 Å². The van der Waals surface area contributed by atoms with Crippen LogP contribution in [0, 0.1) is 11.3 Å². The van der Waals surface area contributed by atoms with E-state index in [9.17, 15) is 5.11 Å². The predicted octanol–water partition coefficient (Wildman–Crippen LogP) is 1.17. The van der Waals surface area contributed by atoms with Gasteiger partial charge in [0.25, 0.3) is 0 Å². The molecule has 4 heteroatoms. The van der Waals surface area contributed by atoms with Crippen LogP contribution in [-0.4, -0.2) is 34.4 Å². The van der Waals surface area contributed by atoms with Crippen molar-refractivity contribution in [3.05, 3.63) is 0 Å². The number of thioether (sulfide) groups is 1. The van der Waals surface area contributed by atoms with Crippen LogP contribution in [0.15, 0.2) is 0 Å². The van der Waals surface area contributed by atoms with E-state index in [2.05, 4.69) is 6.07 Å². The van der Waals surface area contributed by atoms with Gasteiger partial charge in [0, 0.05) is 5.75 Å². The van der Waals surface area contributed by atoms with Gasteiger partial charge in [0.15, 0.2) is 5.60 Å². The lowest BCUT2D eigenvalue weighted by Crippen LogP contribution is -2.38. The van der Waals surface area contributed by atoms with Crippen LogP contribution in [0.5, 0.6) is 0 Å². The van der Waals surface area contributed by atoms with Gasteiger partial charge in [-0.05, 0) is 26.0 Å². The Morgan fingerprint density at radius 1 is 1.62 bits per heavy atom. The SMILES string of the molecule is CC(O)C(C)OC1(C#N)CCSC1. The Labute approximate surface area is 83.1 Å². The fraction of sp³-hybridized carbons (Fsp3) is 0.889. The van der Waals surface area contributed by atoms with Crippen molar-refractivity contribution in [1.82, 2.24) is 0 Å². The zero-order valence-electron chi connectivity index (χ0n) is 7.99. The van der Waals surface area contributed by atoms with Crippen LogP contribution in [0.2, 0.25) is 0 Å². The highest BCUT2D eigenvalue weighted by atomic mass is 32.2. The lowest BCUT2D eigenvalue weighted by Gasteiger charge is -2.26. The lowest BCUT2D eigenvalue weighted by molar-refractivity contribution is -0.0835. The summed E-state index contributed by atoms with van der Waals surface area (Å²) in [5, 5.41) is 18.2. The van der Waals surface area contributed by atoms with E-state index in [0.717, 1.165) is 17.9 Å². The minimum atomic E-state index is -0.652. The predicted molar refractivity (Wildman–Crippen MR) is 52.5 cm³/mol. The van der Waals surface area contributed by atoms with Crippen LogP contribution in [0.25, 0.3) is 0 Å². The molecule has 0 aromatic carbocycles. The Bertz CT molecular complexity index is 206. The molecule has 1 rings (SSSR count). The Morgan fingerprint density at radius 3 is 2.69 bits per heavy atom. The maximum absolute atomic E-state index is 9.25. The molecule has 74 valence electrons. The molecule has 3 nitrogen and oxygen atoms in total. The van der Waals surface area contributed by atoms with Crippen LogP contribution < -0.4 is 0 Å². The number of nitrogens with zero attached hydrogens (tertiary/aromatic N) is 1. The lowest BCUT2D eigenvalue weighted by atomic mass is 10.1. The van der Waals surface area contributed by atoms with Gasteiger partial charge in [-0.1, -0.05) is 0 Å². The molecule has 1 aliphatic rings. The van der Waals surface area contributed by atoms with Crippen molar-refractivity contribution in [1.29, 1.82) is 5.26 Å². The van der Waals surface area contributed by atoms with Gasteiger partial charge >= 0.3 is 0 Å². The number of nitriles is 1. The number of hydrogen-bond donors (Lipinski definition) is 1. The highest BCUT2D eigenvalue weighted by molar-refractivity contribution is 7.99. The van der Waals surface area contributed by atoms with E-state index in [-0.39, 0.29) is 6.10 Å². The van der Waals surface area contributed by atoms with Crippen LogP contribution >= 0.6 is 11.8 Å². The number of hydrogen-bond acceptors (Lipinski definition) is 4. The number of ether oxygens (including phenoxy) is 1. The van der Waals surface area contributed by atoms with Gasteiger partial charge < -0.3 is 9.84 Å². The maximum atomic E-state index is 9.25. The second-order valence-corrected chi connectivity index (χ2v) is 4.58. The fourth-order valence-corrected chi connectivity index (χ4v) is 2.43. The van der Waals surface area contributed by atoms with Crippen molar-refractivity contribution >= 4 is 11.8 Å². The van der Waals surface area contributed by atoms with Crippen LogP contribution in [0.4, 0.5) is 0 Å². The zero-order valence-corrected chi connectivity index (χ0v) is 8.80. The molecular weight excluding hydrogens is 186 g/mol. The molecule has 1 heterocycles.